The quantitative estimate of drug-likeness (QED) is 0.722. The average molecular weight is 305 g/mol. The molecule has 2 aromatic carbocycles. The van der Waals surface area contributed by atoms with Crippen molar-refractivity contribution in [2.75, 3.05) is 13.1 Å². The number of hydrogen-bond donors (Lipinski definition) is 2. The van der Waals surface area contributed by atoms with Gasteiger partial charge in [0.05, 0.1) is 6.54 Å². The summed E-state index contributed by atoms with van der Waals surface area (Å²) in [5, 5.41) is 4.63. The van der Waals surface area contributed by atoms with E-state index >= 15 is 0 Å². The second-order valence-electron chi connectivity index (χ2n) is 5.91. The molecule has 2 heterocycles. The van der Waals surface area contributed by atoms with Gasteiger partial charge in [0.25, 0.3) is 0 Å². The van der Waals surface area contributed by atoms with Gasteiger partial charge in [0.2, 0.25) is 0 Å². The molecule has 0 aliphatic carbocycles. The van der Waals surface area contributed by atoms with Crippen LogP contribution in [0, 0.1) is 13.8 Å². The van der Waals surface area contributed by atoms with Crippen LogP contribution < -0.4 is 5.32 Å². The summed E-state index contributed by atoms with van der Waals surface area (Å²) in [7, 11) is 0. The van der Waals surface area contributed by atoms with Gasteiger partial charge in [0.15, 0.2) is 0 Å². The molecule has 1 aliphatic heterocycles. The molecule has 23 heavy (non-hydrogen) atoms. The van der Waals surface area contributed by atoms with Gasteiger partial charge >= 0.3 is 0 Å². The summed E-state index contributed by atoms with van der Waals surface area (Å²) in [6.07, 6.45) is 0. The standard InChI is InChI=1S/C19H19N3.CH4/c1-12-3-5-14(6-4-12)15-7-8-17-16(11-15)18(13(2)22-17)19-20-9-10-21-19;/h3-8,11,22H,9-10H2,1-2H3,(H,20,21);1H4. The first kappa shape index (κ1) is 15.3. The average Bonchev–Trinajstić information content (AvgIpc) is 3.13. The Bertz CT molecular complexity index is 870. The van der Waals surface area contributed by atoms with Crippen LogP contribution in [0.1, 0.15) is 24.2 Å². The fraction of sp³-hybridized carbons (Fsp3) is 0.250. The van der Waals surface area contributed by atoms with Gasteiger partial charge in [0, 0.05) is 28.7 Å². The molecule has 2 N–H and O–H groups in total. The van der Waals surface area contributed by atoms with E-state index < -0.39 is 0 Å². The van der Waals surface area contributed by atoms with Crippen LogP contribution in [-0.2, 0) is 0 Å². The lowest BCUT2D eigenvalue weighted by molar-refractivity contribution is 0.960. The summed E-state index contributed by atoms with van der Waals surface area (Å²) in [5.74, 6) is 1.02. The number of benzene rings is 2. The van der Waals surface area contributed by atoms with Crippen LogP contribution >= 0.6 is 0 Å². The van der Waals surface area contributed by atoms with Gasteiger partial charge in [-0.05, 0) is 37.1 Å². The molecule has 0 amide bonds. The molecule has 3 heteroatoms. The molecule has 3 aromatic rings. The van der Waals surface area contributed by atoms with Gasteiger partial charge < -0.3 is 10.3 Å². The summed E-state index contributed by atoms with van der Waals surface area (Å²) in [6.45, 7) is 6.02. The number of aryl methyl sites for hydroxylation is 2. The van der Waals surface area contributed by atoms with Gasteiger partial charge in [-0.3, -0.25) is 4.99 Å². The largest absolute Gasteiger partial charge is 0.368 e. The molecule has 0 saturated heterocycles. The number of fused-ring (bicyclic) bond motifs is 1. The Morgan fingerprint density at radius 3 is 2.39 bits per heavy atom. The lowest BCUT2D eigenvalue weighted by Gasteiger charge is -2.05. The zero-order valence-corrected chi connectivity index (χ0v) is 12.9. The molecule has 0 saturated carbocycles. The first-order valence-corrected chi connectivity index (χ1v) is 7.70. The molecule has 0 fully saturated rings. The fourth-order valence-electron chi connectivity index (χ4n) is 3.12. The SMILES string of the molecule is C.Cc1ccc(-c2ccc3[nH]c(C)c(C4=NCCN4)c3c2)cc1. The van der Waals surface area contributed by atoms with Crippen LogP contribution in [0.3, 0.4) is 0 Å². The van der Waals surface area contributed by atoms with E-state index in [0.29, 0.717) is 0 Å². The summed E-state index contributed by atoms with van der Waals surface area (Å²) in [4.78, 5) is 8.06. The molecule has 0 unspecified atom stereocenters. The smallest absolute Gasteiger partial charge is 0.130 e. The second kappa shape index (κ2) is 5.92. The molecular weight excluding hydrogens is 282 g/mol. The van der Waals surface area contributed by atoms with Crippen LogP contribution in [-0.4, -0.2) is 23.9 Å². The fourth-order valence-corrected chi connectivity index (χ4v) is 3.12. The van der Waals surface area contributed by atoms with Crippen LogP contribution in [0.15, 0.2) is 47.5 Å². The molecule has 1 aromatic heterocycles. The Hall–Kier alpha value is -2.55. The van der Waals surface area contributed by atoms with Crippen molar-refractivity contribution in [3.8, 4) is 11.1 Å². The van der Waals surface area contributed by atoms with Crippen molar-refractivity contribution in [2.45, 2.75) is 21.3 Å². The van der Waals surface area contributed by atoms with Gasteiger partial charge in [-0.15, -0.1) is 0 Å². The Morgan fingerprint density at radius 2 is 1.70 bits per heavy atom. The minimum Gasteiger partial charge on any atom is -0.368 e. The Kier molecular flexibility index (Phi) is 3.95. The molecule has 4 rings (SSSR count). The van der Waals surface area contributed by atoms with E-state index in [0.717, 1.165) is 18.9 Å². The third-order valence-electron chi connectivity index (χ3n) is 4.28. The minimum absolute atomic E-state index is 0. The van der Waals surface area contributed by atoms with Crippen molar-refractivity contribution in [3.05, 3.63) is 59.3 Å². The lowest BCUT2D eigenvalue weighted by Crippen LogP contribution is -2.19. The first-order valence-electron chi connectivity index (χ1n) is 7.70. The molecule has 118 valence electrons. The van der Waals surface area contributed by atoms with Crippen molar-refractivity contribution in [3.63, 3.8) is 0 Å². The van der Waals surface area contributed by atoms with E-state index in [-0.39, 0.29) is 7.43 Å². The summed E-state index contributed by atoms with van der Waals surface area (Å²) in [6, 6.07) is 15.3. The number of aliphatic imine (C=N–C) groups is 1. The highest BCUT2D eigenvalue weighted by molar-refractivity contribution is 6.12. The number of nitrogens with zero attached hydrogens (tertiary/aromatic N) is 1. The van der Waals surface area contributed by atoms with Crippen LogP contribution in [0.25, 0.3) is 22.0 Å². The molecule has 0 bridgehead atoms. The maximum Gasteiger partial charge on any atom is 0.130 e. The van der Waals surface area contributed by atoms with Gasteiger partial charge in [-0.2, -0.15) is 0 Å². The number of H-pyrrole nitrogens is 1. The number of rotatable bonds is 2. The normalized spacial score (nSPS) is 13.6. The maximum atomic E-state index is 4.59. The summed E-state index contributed by atoms with van der Waals surface area (Å²) < 4.78 is 0. The third-order valence-corrected chi connectivity index (χ3v) is 4.28. The zero-order chi connectivity index (χ0) is 15.1. The van der Waals surface area contributed by atoms with E-state index in [4.69, 9.17) is 0 Å². The van der Waals surface area contributed by atoms with E-state index in [1.54, 1.807) is 0 Å². The number of aromatic nitrogens is 1. The predicted molar refractivity (Wildman–Crippen MR) is 99.3 cm³/mol. The second-order valence-corrected chi connectivity index (χ2v) is 5.91. The van der Waals surface area contributed by atoms with Gasteiger partial charge in [-0.25, -0.2) is 0 Å². The number of nitrogens with one attached hydrogen (secondary N) is 2. The molecule has 0 atom stereocenters. The van der Waals surface area contributed by atoms with E-state index in [2.05, 4.69) is 71.6 Å². The maximum absolute atomic E-state index is 4.59. The first-order chi connectivity index (χ1) is 10.7. The Morgan fingerprint density at radius 1 is 0.957 bits per heavy atom. The number of aromatic amines is 1. The highest BCUT2D eigenvalue weighted by Crippen LogP contribution is 2.29. The van der Waals surface area contributed by atoms with Crippen molar-refractivity contribution >= 4 is 16.7 Å². The predicted octanol–water partition coefficient (Wildman–Crippen LogP) is 4.44. The van der Waals surface area contributed by atoms with Crippen molar-refractivity contribution in [1.29, 1.82) is 0 Å². The van der Waals surface area contributed by atoms with Crippen LogP contribution in [0.4, 0.5) is 0 Å². The van der Waals surface area contributed by atoms with Gasteiger partial charge in [-0.1, -0.05) is 43.3 Å². The van der Waals surface area contributed by atoms with Gasteiger partial charge in [0.1, 0.15) is 5.84 Å². The van der Waals surface area contributed by atoms with Crippen LogP contribution in [0.5, 0.6) is 0 Å². The Balaban J connectivity index is 0.00000156. The number of amidine groups is 1. The summed E-state index contributed by atoms with van der Waals surface area (Å²) >= 11 is 0. The van der Waals surface area contributed by atoms with E-state index in [9.17, 15) is 0 Å². The van der Waals surface area contributed by atoms with E-state index in [1.807, 2.05) is 0 Å². The minimum atomic E-state index is 0. The summed E-state index contributed by atoms with van der Waals surface area (Å²) in [5.41, 5.74) is 7.32. The van der Waals surface area contributed by atoms with Crippen molar-refractivity contribution in [1.82, 2.24) is 10.3 Å². The van der Waals surface area contributed by atoms with Crippen molar-refractivity contribution in [2.24, 2.45) is 4.99 Å². The Labute approximate surface area is 137 Å². The zero-order valence-electron chi connectivity index (χ0n) is 12.9. The lowest BCUT2D eigenvalue weighted by atomic mass is 10.0. The molecule has 1 aliphatic rings. The molecule has 3 nitrogen and oxygen atoms in total. The number of hydrogen-bond acceptors (Lipinski definition) is 2. The molecular formula is C20H23N3. The highest BCUT2D eigenvalue weighted by Gasteiger charge is 2.17. The van der Waals surface area contributed by atoms with Crippen molar-refractivity contribution < 1.29 is 0 Å². The van der Waals surface area contributed by atoms with E-state index in [1.165, 1.54) is 38.9 Å². The molecule has 0 spiro atoms. The highest BCUT2D eigenvalue weighted by atomic mass is 15.1. The third kappa shape index (κ3) is 2.63. The topological polar surface area (TPSA) is 40.2 Å². The van der Waals surface area contributed by atoms with Crippen LogP contribution in [0.2, 0.25) is 0 Å². The monoisotopic (exact) mass is 305 g/mol. The molecule has 0 radical (unpaired) electrons.